The summed E-state index contributed by atoms with van der Waals surface area (Å²) in [5.41, 5.74) is 1.19. The van der Waals surface area contributed by atoms with E-state index in [0.29, 0.717) is 0 Å². The highest BCUT2D eigenvalue weighted by atomic mass is 35.5. The largest absolute Gasteiger partial charge is 0.294 e. The van der Waals surface area contributed by atoms with Gasteiger partial charge in [0.2, 0.25) is 11.8 Å². The molecule has 8 aliphatic rings. The minimum atomic E-state index is -1.35. The van der Waals surface area contributed by atoms with E-state index in [2.05, 4.69) is 5.10 Å². The number of hydrogen-bond donors (Lipinski definition) is 0. The first-order valence-electron chi connectivity index (χ1n) is 15.4. The minimum absolute atomic E-state index is 0.0153. The molecule has 2 aliphatic heterocycles. The van der Waals surface area contributed by atoms with Crippen LogP contribution in [0.25, 0.3) is 0 Å². The Hall–Kier alpha value is -4.96. The molecule has 6 aliphatic carbocycles. The lowest BCUT2D eigenvalue weighted by Gasteiger charge is -2.52. The monoisotopic (exact) mass is 632 g/mol. The smallest absolute Gasteiger partial charge is 0.274 e. The maximum atomic E-state index is 14.7. The third-order valence-corrected chi connectivity index (χ3v) is 11.4. The Labute approximate surface area is 267 Å². The maximum Gasteiger partial charge on any atom is 0.294 e. The Morgan fingerprint density at radius 1 is 0.804 bits per heavy atom. The average Bonchev–Trinajstić information content (AvgIpc) is 3.50. The fourth-order valence-corrected chi connectivity index (χ4v) is 9.61. The summed E-state index contributed by atoms with van der Waals surface area (Å²) in [5.74, 6) is -5.28. The number of allylic oxidation sites excluding steroid dienone is 2. The molecule has 0 radical (unpaired) electrons. The molecule has 1 saturated carbocycles. The lowest BCUT2D eigenvalue weighted by atomic mass is 9.47. The second kappa shape index (κ2) is 9.29. The van der Waals surface area contributed by atoms with Crippen molar-refractivity contribution in [3.63, 3.8) is 0 Å². The molecule has 3 aromatic carbocycles. The lowest BCUT2D eigenvalue weighted by Crippen LogP contribution is -2.55. The third kappa shape index (κ3) is 3.24. The number of amides is 4. The van der Waals surface area contributed by atoms with E-state index in [0.717, 1.165) is 51.1 Å². The molecule has 0 spiro atoms. The predicted octanol–water partition coefficient (Wildman–Crippen LogP) is 4.98. The van der Waals surface area contributed by atoms with Gasteiger partial charge in [-0.3, -0.25) is 29.3 Å². The van der Waals surface area contributed by atoms with Crippen LogP contribution in [0.15, 0.2) is 84.0 Å². The topological polar surface area (TPSA) is 130 Å². The molecule has 0 aromatic heterocycles. The van der Waals surface area contributed by atoms with Crippen LogP contribution in [-0.4, -0.2) is 39.8 Å². The second-order valence-electron chi connectivity index (χ2n) is 13.0. The lowest BCUT2D eigenvalue weighted by molar-refractivity contribution is -0.384. The van der Waals surface area contributed by atoms with Gasteiger partial charge < -0.3 is 0 Å². The summed E-state index contributed by atoms with van der Waals surface area (Å²) in [7, 11) is 0. The third-order valence-electron chi connectivity index (χ3n) is 11.2. The van der Waals surface area contributed by atoms with Gasteiger partial charge in [0.05, 0.1) is 34.0 Å². The van der Waals surface area contributed by atoms with Gasteiger partial charge in [0.1, 0.15) is 5.69 Å². The fraction of sp³-hybridized carbons (Fsp3) is 0.286. The Balaban J connectivity index is 1.24. The van der Waals surface area contributed by atoms with Crippen molar-refractivity contribution in [1.29, 1.82) is 0 Å². The first-order chi connectivity index (χ1) is 22.2. The first-order valence-corrected chi connectivity index (χ1v) is 15.7. The summed E-state index contributed by atoms with van der Waals surface area (Å²) in [6.07, 6.45) is 7.29. The maximum absolute atomic E-state index is 14.7. The number of imide groups is 2. The molecule has 3 aromatic rings. The van der Waals surface area contributed by atoms with Crippen LogP contribution in [0.3, 0.4) is 0 Å². The van der Waals surface area contributed by atoms with Crippen molar-refractivity contribution in [3.05, 3.63) is 116 Å². The van der Waals surface area contributed by atoms with Crippen molar-refractivity contribution in [1.82, 2.24) is 5.01 Å². The Morgan fingerprint density at radius 2 is 1.39 bits per heavy atom. The van der Waals surface area contributed by atoms with Gasteiger partial charge in [0.25, 0.3) is 17.5 Å². The van der Waals surface area contributed by atoms with E-state index in [1.54, 1.807) is 0 Å². The Morgan fingerprint density at radius 3 is 1.96 bits per heavy atom. The number of hydrogen-bond acceptors (Lipinski definition) is 7. The molecule has 4 amide bonds. The molecule has 10 nitrogen and oxygen atoms in total. The highest BCUT2D eigenvalue weighted by Gasteiger charge is 2.68. The number of halogens is 1. The van der Waals surface area contributed by atoms with Gasteiger partial charge in [-0.2, -0.15) is 10.1 Å². The Bertz CT molecular complexity index is 1940. The number of nitrogens with zero attached hydrogens (tertiary/aromatic N) is 4. The number of benzene rings is 3. The van der Waals surface area contributed by atoms with Crippen LogP contribution in [-0.2, 0) is 24.6 Å². The van der Waals surface area contributed by atoms with E-state index in [1.165, 1.54) is 18.3 Å². The first kappa shape index (κ1) is 27.4. The van der Waals surface area contributed by atoms with Crippen LogP contribution in [0.1, 0.15) is 41.0 Å². The van der Waals surface area contributed by atoms with Crippen molar-refractivity contribution in [2.24, 2.45) is 40.6 Å². The standard InChI is InChI=1S/C35H25ClN4O6/c36-19-13-14-24(25(15-19)40(45)46)38-31(41)29-28-20-5-1-3-7-22(20)35(30(29)34(38)44,23-8-4-2-6-21(23)28)16-37-39-32(42)26-17-9-10-18(12-11-17)27(26)33(39)43/h1-10,13-18,26-30H,11-12H2/b37-16-/t17-,18-,26-,27+,28?,29+,30-,35?/m0/s1. The van der Waals surface area contributed by atoms with Gasteiger partial charge >= 0.3 is 0 Å². The van der Waals surface area contributed by atoms with E-state index in [4.69, 9.17) is 11.6 Å². The van der Waals surface area contributed by atoms with Gasteiger partial charge in [0, 0.05) is 23.2 Å². The molecule has 0 unspecified atom stereocenters. The van der Waals surface area contributed by atoms with Crippen molar-refractivity contribution in [3.8, 4) is 0 Å². The quantitative estimate of drug-likeness (QED) is 0.131. The van der Waals surface area contributed by atoms with E-state index in [-0.39, 0.29) is 34.4 Å². The summed E-state index contributed by atoms with van der Waals surface area (Å²) in [4.78, 5) is 69.0. The number of nitro groups is 1. The summed E-state index contributed by atoms with van der Waals surface area (Å²) < 4.78 is 0. The molecular weight excluding hydrogens is 608 g/mol. The number of rotatable bonds is 4. The SMILES string of the molecule is O=C1[C@@H]2[C@H](C(=O)N1/N=C\C13c4ccccc4C(c4ccccc41)[C@H]1C(=O)N(c4ccc(Cl)cc4[N+](=O)[O-])C(=O)[C@H]13)[C@H]1C=C[C@H]2CC1. The summed E-state index contributed by atoms with van der Waals surface area (Å²) >= 11 is 6.08. The van der Waals surface area contributed by atoms with Crippen molar-refractivity contribution >= 4 is 52.8 Å². The predicted molar refractivity (Wildman–Crippen MR) is 166 cm³/mol. The van der Waals surface area contributed by atoms with E-state index in [1.807, 2.05) is 60.7 Å². The van der Waals surface area contributed by atoms with Crippen molar-refractivity contribution in [2.75, 3.05) is 4.90 Å². The minimum Gasteiger partial charge on any atom is -0.274 e. The van der Waals surface area contributed by atoms with Crippen LogP contribution < -0.4 is 4.90 Å². The molecular formula is C35H25ClN4O6. The van der Waals surface area contributed by atoms with Crippen LogP contribution in [0.2, 0.25) is 5.02 Å². The normalized spacial score (nSPS) is 33.1. The van der Waals surface area contributed by atoms with Gasteiger partial charge in [-0.05, 0) is 59.1 Å². The number of carbonyl (C=O) groups is 4. The van der Waals surface area contributed by atoms with Gasteiger partial charge in [-0.1, -0.05) is 72.3 Å². The highest BCUT2D eigenvalue weighted by molar-refractivity contribution is 6.31. The van der Waals surface area contributed by atoms with Crippen molar-refractivity contribution < 1.29 is 24.1 Å². The van der Waals surface area contributed by atoms with E-state index < -0.39 is 57.4 Å². The van der Waals surface area contributed by atoms with Gasteiger partial charge in [-0.15, -0.1) is 0 Å². The molecule has 6 atom stereocenters. The number of fused-ring (bicyclic) bond motifs is 1. The van der Waals surface area contributed by atoms with Gasteiger partial charge in [0.15, 0.2) is 0 Å². The Kier molecular flexibility index (Phi) is 5.53. The molecule has 4 bridgehead atoms. The van der Waals surface area contributed by atoms with Crippen LogP contribution >= 0.6 is 11.6 Å². The highest BCUT2D eigenvalue weighted by Crippen LogP contribution is 2.64. The summed E-state index contributed by atoms with van der Waals surface area (Å²) in [6, 6.07) is 18.9. The summed E-state index contributed by atoms with van der Waals surface area (Å²) in [5, 5.41) is 17.8. The zero-order valence-corrected chi connectivity index (χ0v) is 24.9. The molecule has 228 valence electrons. The molecule has 11 heteroatoms. The van der Waals surface area contributed by atoms with Crippen LogP contribution in [0.4, 0.5) is 11.4 Å². The zero-order valence-electron chi connectivity index (χ0n) is 24.2. The van der Waals surface area contributed by atoms with Crippen LogP contribution in [0, 0.1) is 45.6 Å². The number of hydrazone groups is 1. The van der Waals surface area contributed by atoms with Gasteiger partial charge in [-0.25, -0.2) is 4.90 Å². The molecule has 0 N–H and O–H groups in total. The molecule has 46 heavy (non-hydrogen) atoms. The van der Waals surface area contributed by atoms with E-state index >= 15 is 0 Å². The van der Waals surface area contributed by atoms with E-state index in [9.17, 15) is 29.3 Å². The number of nitro benzene ring substituents is 1. The number of carbonyl (C=O) groups excluding carboxylic acids is 4. The van der Waals surface area contributed by atoms with Crippen molar-refractivity contribution in [2.45, 2.75) is 24.2 Å². The number of anilines is 1. The molecule has 11 rings (SSSR count). The molecule has 2 saturated heterocycles. The second-order valence-corrected chi connectivity index (χ2v) is 13.4. The molecule has 2 heterocycles. The summed E-state index contributed by atoms with van der Waals surface area (Å²) in [6.45, 7) is 0. The zero-order chi connectivity index (χ0) is 31.6. The van der Waals surface area contributed by atoms with Crippen LogP contribution in [0.5, 0.6) is 0 Å². The fourth-order valence-electron chi connectivity index (χ4n) is 9.44. The average molecular weight is 633 g/mol. The molecule has 3 fully saturated rings.